The van der Waals surface area contributed by atoms with E-state index in [0.29, 0.717) is 5.41 Å². The second-order valence-corrected chi connectivity index (χ2v) is 7.64. The lowest BCUT2D eigenvalue weighted by Gasteiger charge is -2.52. The number of hydrogen-bond acceptors (Lipinski definition) is 1. The second-order valence-electron chi connectivity index (χ2n) is 7.64. The Morgan fingerprint density at radius 2 is 2.20 bits per heavy atom. The minimum atomic E-state index is 0.241. The fraction of sp³-hybridized carbons (Fsp3) is 0.684. The van der Waals surface area contributed by atoms with Gasteiger partial charge in [-0.05, 0) is 69.2 Å². The summed E-state index contributed by atoms with van der Waals surface area (Å²) in [6, 6.07) is 0. The molecule has 0 bridgehead atoms. The van der Waals surface area contributed by atoms with Gasteiger partial charge in [0.1, 0.15) is 0 Å². The molecule has 0 amide bonds. The average Bonchev–Trinajstić information content (AvgIpc) is 2.91. The molecule has 108 valence electrons. The first-order valence-electron chi connectivity index (χ1n) is 8.47. The van der Waals surface area contributed by atoms with E-state index in [9.17, 15) is 0 Å². The van der Waals surface area contributed by atoms with E-state index in [2.05, 4.69) is 31.2 Å². The molecule has 0 aromatic heterocycles. The molecule has 0 saturated heterocycles. The van der Waals surface area contributed by atoms with Gasteiger partial charge in [-0.25, -0.2) is 0 Å². The van der Waals surface area contributed by atoms with Crippen LogP contribution < -0.4 is 5.73 Å². The number of rotatable bonds is 1. The smallest absolute Gasteiger partial charge is 0.0275 e. The number of allylic oxidation sites excluding steroid dienone is 6. The molecule has 0 unspecified atom stereocenters. The Labute approximate surface area is 123 Å². The molecule has 4 aliphatic carbocycles. The maximum absolute atomic E-state index is 6.21. The lowest BCUT2D eigenvalue weighted by atomic mass is 9.53. The molecule has 0 spiro atoms. The van der Waals surface area contributed by atoms with Crippen LogP contribution in [0.2, 0.25) is 0 Å². The van der Waals surface area contributed by atoms with Crippen molar-refractivity contribution in [2.45, 2.75) is 51.9 Å². The van der Waals surface area contributed by atoms with Crippen LogP contribution in [0, 0.1) is 22.7 Å². The molecule has 0 aromatic carbocycles. The van der Waals surface area contributed by atoms with Gasteiger partial charge in [-0.1, -0.05) is 41.9 Å². The van der Waals surface area contributed by atoms with E-state index >= 15 is 0 Å². The molecular formula is C19H27N. The van der Waals surface area contributed by atoms with Crippen molar-refractivity contribution in [3.63, 3.8) is 0 Å². The van der Waals surface area contributed by atoms with E-state index in [-0.39, 0.29) is 5.41 Å². The maximum atomic E-state index is 6.21. The fourth-order valence-corrected chi connectivity index (χ4v) is 5.81. The molecule has 4 rings (SSSR count). The first kappa shape index (κ1) is 12.9. The van der Waals surface area contributed by atoms with Crippen LogP contribution in [0.1, 0.15) is 51.9 Å². The Morgan fingerprint density at radius 3 is 3.05 bits per heavy atom. The summed E-state index contributed by atoms with van der Waals surface area (Å²) in [5, 5.41) is 0. The average molecular weight is 269 g/mol. The van der Waals surface area contributed by atoms with Gasteiger partial charge in [-0.3, -0.25) is 0 Å². The van der Waals surface area contributed by atoms with Crippen LogP contribution in [-0.2, 0) is 0 Å². The lowest BCUT2D eigenvalue weighted by Crippen LogP contribution is -2.45. The molecule has 1 heteroatoms. The van der Waals surface area contributed by atoms with Gasteiger partial charge >= 0.3 is 0 Å². The highest BCUT2D eigenvalue weighted by molar-refractivity contribution is 5.43. The zero-order chi connectivity index (χ0) is 13.8. The second kappa shape index (κ2) is 4.34. The summed E-state index contributed by atoms with van der Waals surface area (Å²) in [6.45, 7) is 3.35. The zero-order valence-corrected chi connectivity index (χ0v) is 12.7. The van der Waals surface area contributed by atoms with Gasteiger partial charge in [-0.2, -0.15) is 0 Å². The summed E-state index contributed by atoms with van der Waals surface area (Å²) in [6.07, 6.45) is 19.2. The maximum Gasteiger partial charge on any atom is 0.0275 e. The fourth-order valence-electron chi connectivity index (χ4n) is 5.81. The lowest BCUT2D eigenvalue weighted by molar-refractivity contribution is 0.121. The van der Waals surface area contributed by atoms with Gasteiger partial charge in [0.25, 0.3) is 0 Å². The molecule has 0 aromatic rings. The predicted molar refractivity (Wildman–Crippen MR) is 84.2 cm³/mol. The predicted octanol–water partition coefficient (Wildman–Crippen LogP) is 4.36. The van der Waals surface area contributed by atoms with Crippen LogP contribution in [0.25, 0.3) is 0 Å². The van der Waals surface area contributed by atoms with Crippen LogP contribution in [0.15, 0.2) is 35.5 Å². The van der Waals surface area contributed by atoms with E-state index in [1.807, 2.05) is 0 Å². The highest BCUT2D eigenvalue weighted by Gasteiger charge is 2.52. The van der Waals surface area contributed by atoms with Crippen molar-refractivity contribution in [3.8, 4) is 0 Å². The van der Waals surface area contributed by atoms with E-state index in [0.717, 1.165) is 24.8 Å². The van der Waals surface area contributed by atoms with Crippen molar-refractivity contribution in [1.29, 1.82) is 0 Å². The van der Waals surface area contributed by atoms with Crippen molar-refractivity contribution >= 4 is 0 Å². The van der Waals surface area contributed by atoms with Crippen LogP contribution in [0.4, 0.5) is 0 Å². The highest BCUT2D eigenvalue weighted by atomic mass is 14.7. The molecular weight excluding hydrogens is 242 g/mol. The number of nitrogens with two attached hydrogens (primary N) is 1. The SMILES string of the molecule is C[C@]12C=CCC=C1CC[C@@H]1C2=CC[C@]2(CN)CCC[C@@H]12. The standard InChI is InChI=1S/C19H27N/c1-18-10-3-2-5-14(18)7-8-15-16(18)9-12-19(13-20)11-4-6-17(15)19/h3,5,9-10,15,17H,2,4,6-8,11-13,20H2,1H3/t15-,17+,18+,19+/m1/s1. The van der Waals surface area contributed by atoms with E-state index in [1.165, 1.54) is 38.5 Å². The zero-order valence-electron chi connectivity index (χ0n) is 12.7. The van der Waals surface area contributed by atoms with Crippen molar-refractivity contribution in [2.75, 3.05) is 6.54 Å². The van der Waals surface area contributed by atoms with Crippen LogP contribution in [0.3, 0.4) is 0 Å². The third-order valence-electron chi connectivity index (χ3n) is 6.94. The van der Waals surface area contributed by atoms with Gasteiger partial charge in [-0.15, -0.1) is 0 Å². The first-order valence-corrected chi connectivity index (χ1v) is 8.47. The molecule has 2 saturated carbocycles. The molecule has 2 fully saturated rings. The molecule has 0 aliphatic heterocycles. The molecule has 1 nitrogen and oxygen atoms in total. The Morgan fingerprint density at radius 1 is 1.30 bits per heavy atom. The quantitative estimate of drug-likeness (QED) is 0.703. The normalized spacial score (nSPS) is 46.1. The monoisotopic (exact) mass is 269 g/mol. The summed E-state index contributed by atoms with van der Waals surface area (Å²) in [5.41, 5.74) is 10.3. The van der Waals surface area contributed by atoms with Crippen molar-refractivity contribution in [1.82, 2.24) is 0 Å². The van der Waals surface area contributed by atoms with Crippen LogP contribution in [0.5, 0.6) is 0 Å². The summed E-state index contributed by atoms with van der Waals surface area (Å²) in [5.74, 6) is 1.67. The van der Waals surface area contributed by atoms with Gasteiger partial charge in [0.2, 0.25) is 0 Å². The third kappa shape index (κ3) is 1.53. The van der Waals surface area contributed by atoms with Crippen LogP contribution >= 0.6 is 0 Å². The van der Waals surface area contributed by atoms with Gasteiger partial charge < -0.3 is 5.73 Å². The molecule has 0 heterocycles. The summed E-state index contributed by atoms with van der Waals surface area (Å²) >= 11 is 0. The Kier molecular flexibility index (Phi) is 2.79. The minimum Gasteiger partial charge on any atom is -0.330 e. The minimum absolute atomic E-state index is 0.241. The number of hydrogen-bond donors (Lipinski definition) is 1. The molecule has 2 N–H and O–H groups in total. The summed E-state index contributed by atoms with van der Waals surface area (Å²) in [7, 11) is 0. The molecule has 0 radical (unpaired) electrons. The van der Waals surface area contributed by atoms with E-state index < -0.39 is 0 Å². The topological polar surface area (TPSA) is 26.0 Å². The van der Waals surface area contributed by atoms with E-state index in [1.54, 1.807) is 11.1 Å². The largest absolute Gasteiger partial charge is 0.330 e. The van der Waals surface area contributed by atoms with Crippen LogP contribution in [-0.4, -0.2) is 6.54 Å². The molecule has 20 heavy (non-hydrogen) atoms. The molecule has 4 atom stereocenters. The summed E-state index contributed by atoms with van der Waals surface area (Å²) in [4.78, 5) is 0. The summed E-state index contributed by atoms with van der Waals surface area (Å²) < 4.78 is 0. The van der Waals surface area contributed by atoms with Gasteiger partial charge in [0, 0.05) is 5.41 Å². The van der Waals surface area contributed by atoms with E-state index in [4.69, 9.17) is 5.73 Å². The Balaban J connectivity index is 1.77. The van der Waals surface area contributed by atoms with Crippen molar-refractivity contribution in [3.05, 3.63) is 35.5 Å². The third-order valence-corrected chi connectivity index (χ3v) is 6.94. The Bertz CT molecular complexity index is 512. The first-order chi connectivity index (χ1) is 9.70. The van der Waals surface area contributed by atoms with Gasteiger partial charge in [0.15, 0.2) is 0 Å². The van der Waals surface area contributed by atoms with Crippen molar-refractivity contribution in [2.24, 2.45) is 28.4 Å². The number of fused-ring (bicyclic) bond motifs is 5. The van der Waals surface area contributed by atoms with Gasteiger partial charge in [0.05, 0.1) is 0 Å². The highest BCUT2D eigenvalue weighted by Crippen LogP contribution is 2.62. The Hall–Kier alpha value is -0.820. The van der Waals surface area contributed by atoms with Crippen molar-refractivity contribution < 1.29 is 0 Å². The molecule has 4 aliphatic rings.